The van der Waals surface area contributed by atoms with Crippen LogP contribution in [0.5, 0.6) is 0 Å². The van der Waals surface area contributed by atoms with E-state index in [0.29, 0.717) is 39.0 Å². The van der Waals surface area contributed by atoms with Gasteiger partial charge in [-0.05, 0) is 64.2 Å². The van der Waals surface area contributed by atoms with Crippen LogP contribution in [0.3, 0.4) is 0 Å². The Morgan fingerprint density at radius 2 is 1.83 bits per heavy atom. The fraction of sp³-hybridized carbons (Fsp3) is 0.788. The lowest BCUT2D eigenvalue weighted by Gasteiger charge is -2.41. The van der Waals surface area contributed by atoms with Gasteiger partial charge >= 0.3 is 5.97 Å². The van der Waals surface area contributed by atoms with Crippen molar-refractivity contribution in [1.82, 2.24) is 9.80 Å². The fourth-order valence-corrected chi connectivity index (χ4v) is 8.11. The van der Waals surface area contributed by atoms with Crippen LogP contribution >= 0.6 is 0 Å². The molecule has 8 heteroatoms. The predicted molar refractivity (Wildman–Crippen MR) is 158 cm³/mol. The zero-order valence-electron chi connectivity index (χ0n) is 25.2. The molecular weight excluding hydrogens is 520 g/mol. The van der Waals surface area contributed by atoms with Gasteiger partial charge in [-0.3, -0.25) is 14.4 Å². The van der Waals surface area contributed by atoms with Gasteiger partial charge in [-0.1, -0.05) is 51.2 Å². The highest BCUT2D eigenvalue weighted by Crippen LogP contribution is 2.64. The Bertz CT molecular complexity index is 948. The molecule has 0 radical (unpaired) electrons. The SMILES string of the molecule is C=CCCCCOC(=O)[C@@H]1[C@H]2C(=O)N(CCCCCCO)C(C(=O)N(CC=C)C3CCCCC3)C23CC[C@@]1(CC)O3. The molecule has 0 aromatic carbocycles. The van der Waals surface area contributed by atoms with Crippen LogP contribution in [0.1, 0.15) is 103 Å². The summed E-state index contributed by atoms with van der Waals surface area (Å²) in [4.78, 5) is 46.4. The van der Waals surface area contributed by atoms with Crippen molar-refractivity contribution >= 4 is 17.8 Å². The summed E-state index contributed by atoms with van der Waals surface area (Å²) in [6.45, 7) is 11.0. The second-order valence-corrected chi connectivity index (χ2v) is 12.5. The van der Waals surface area contributed by atoms with Crippen LogP contribution in [0, 0.1) is 11.8 Å². The summed E-state index contributed by atoms with van der Waals surface area (Å²) < 4.78 is 12.7. The molecule has 0 aromatic heterocycles. The maximum atomic E-state index is 14.6. The van der Waals surface area contributed by atoms with Crippen molar-refractivity contribution in [3.8, 4) is 0 Å². The lowest BCUT2D eigenvalue weighted by atomic mass is 9.65. The van der Waals surface area contributed by atoms with E-state index in [9.17, 15) is 19.5 Å². The molecule has 1 saturated carbocycles. The molecule has 4 fully saturated rings. The molecule has 230 valence electrons. The van der Waals surface area contributed by atoms with Crippen LogP contribution in [0.4, 0.5) is 0 Å². The number of allylic oxidation sites excluding steroid dienone is 1. The van der Waals surface area contributed by atoms with Crippen molar-refractivity contribution in [3.63, 3.8) is 0 Å². The average Bonchev–Trinajstić information content (AvgIpc) is 3.59. The first kappa shape index (κ1) is 31.7. The van der Waals surface area contributed by atoms with Crippen molar-refractivity contribution in [2.75, 3.05) is 26.3 Å². The van der Waals surface area contributed by atoms with E-state index in [1.807, 2.05) is 17.9 Å². The quantitative estimate of drug-likeness (QED) is 0.151. The Morgan fingerprint density at radius 1 is 1.07 bits per heavy atom. The molecule has 41 heavy (non-hydrogen) atoms. The van der Waals surface area contributed by atoms with Crippen molar-refractivity contribution in [2.45, 2.75) is 127 Å². The van der Waals surface area contributed by atoms with Gasteiger partial charge < -0.3 is 24.4 Å². The number of unbranched alkanes of at least 4 members (excludes halogenated alkanes) is 5. The molecule has 1 spiro atoms. The highest BCUT2D eigenvalue weighted by Gasteiger charge is 2.79. The minimum absolute atomic E-state index is 0.0617. The van der Waals surface area contributed by atoms with Crippen LogP contribution in [0.25, 0.3) is 0 Å². The molecule has 2 unspecified atom stereocenters. The number of rotatable bonds is 17. The normalized spacial score (nSPS) is 30.8. The van der Waals surface area contributed by atoms with Crippen LogP contribution in [0.2, 0.25) is 0 Å². The Labute approximate surface area is 246 Å². The number of carbonyl (C=O) groups is 3. The second kappa shape index (κ2) is 14.3. The first-order chi connectivity index (χ1) is 19.9. The number of ether oxygens (including phenoxy) is 2. The van der Waals surface area contributed by atoms with E-state index in [1.54, 1.807) is 11.0 Å². The number of nitrogens with zero attached hydrogens (tertiary/aromatic N) is 2. The number of hydrogen-bond acceptors (Lipinski definition) is 6. The van der Waals surface area contributed by atoms with Gasteiger partial charge in [-0.15, -0.1) is 13.2 Å². The van der Waals surface area contributed by atoms with Crippen molar-refractivity contribution < 1.29 is 29.0 Å². The first-order valence-corrected chi connectivity index (χ1v) is 16.2. The lowest BCUT2D eigenvalue weighted by Crippen LogP contribution is -2.58. The largest absolute Gasteiger partial charge is 0.465 e. The maximum Gasteiger partial charge on any atom is 0.312 e. The van der Waals surface area contributed by atoms with Crippen LogP contribution in [-0.4, -0.2) is 82.3 Å². The smallest absolute Gasteiger partial charge is 0.312 e. The van der Waals surface area contributed by atoms with E-state index < -0.39 is 29.1 Å². The van der Waals surface area contributed by atoms with Crippen molar-refractivity contribution in [2.24, 2.45) is 11.8 Å². The number of fused-ring (bicyclic) bond motifs is 1. The molecule has 1 N–H and O–H groups in total. The highest BCUT2D eigenvalue weighted by atomic mass is 16.6. The Hall–Kier alpha value is -2.19. The maximum absolute atomic E-state index is 14.6. The number of esters is 1. The topological polar surface area (TPSA) is 96.4 Å². The summed E-state index contributed by atoms with van der Waals surface area (Å²) in [5.41, 5.74) is -1.80. The molecule has 5 atom stereocenters. The molecule has 4 rings (SSSR count). The van der Waals surface area contributed by atoms with Gasteiger partial charge in [0.2, 0.25) is 11.8 Å². The van der Waals surface area contributed by atoms with Crippen LogP contribution < -0.4 is 0 Å². The molecule has 2 bridgehead atoms. The summed E-state index contributed by atoms with van der Waals surface area (Å²) in [6, 6.07) is -0.625. The van der Waals surface area contributed by atoms with Gasteiger partial charge in [0.1, 0.15) is 17.6 Å². The lowest BCUT2D eigenvalue weighted by molar-refractivity contribution is -0.162. The zero-order valence-corrected chi connectivity index (χ0v) is 25.2. The summed E-state index contributed by atoms with van der Waals surface area (Å²) in [7, 11) is 0. The average molecular weight is 573 g/mol. The third kappa shape index (κ3) is 6.15. The third-order valence-corrected chi connectivity index (χ3v) is 10.1. The predicted octanol–water partition coefficient (Wildman–Crippen LogP) is 4.94. The Kier molecular flexibility index (Phi) is 11.1. The second-order valence-electron chi connectivity index (χ2n) is 12.5. The summed E-state index contributed by atoms with van der Waals surface area (Å²) in [5, 5.41) is 9.19. The minimum Gasteiger partial charge on any atom is -0.465 e. The van der Waals surface area contributed by atoms with E-state index >= 15 is 0 Å². The molecule has 3 heterocycles. The number of likely N-dealkylation sites (tertiary alicyclic amines) is 1. The van der Waals surface area contributed by atoms with Crippen molar-refractivity contribution in [1.29, 1.82) is 0 Å². The summed E-state index contributed by atoms with van der Waals surface area (Å²) >= 11 is 0. The molecular formula is C33H52N2O6. The number of aliphatic hydroxyl groups is 1. The molecule has 8 nitrogen and oxygen atoms in total. The van der Waals surface area contributed by atoms with Gasteiger partial charge in [0.25, 0.3) is 0 Å². The van der Waals surface area contributed by atoms with Crippen LogP contribution in [0.15, 0.2) is 25.3 Å². The third-order valence-electron chi connectivity index (χ3n) is 10.1. The van der Waals surface area contributed by atoms with E-state index in [0.717, 1.165) is 70.6 Å². The number of carbonyl (C=O) groups excluding carboxylic acids is 3. The van der Waals surface area contributed by atoms with E-state index in [-0.39, 0.29) is 30.4 Å². The summed E-state index contributed by atoms with van der Waals surface area (Å²) in [6.07, 6.45) is 16.4. The van der Waals surface area contributed by atoms with Crippen LogP contribution in [-0.2, 0) is 23.9 Å². The first-order valence-electron chi connectivity index (χ1n) is 16.2. The van der Waals surface area contributed by atoms with Gasteiger partial charge in [0.15, 0.2) is 0 Å². The molecule has 2 amide bonds. The summed E-state index contributed by atoms with van der Waals surface area (Å²) in [5.74, 6) is -1.98. The minimum atomic E-state index is -1.02. The Morgan fingerprint density at radius 3 is 2.51 bits per heavy atom. The number of amides is 2. The van der Waals surface area contributed by atoms with E-state index in [4.69, 9.17) is 9.47 Å². The molecule has 4 aliphatic rings. The molecule has 3 saturated heterocycles. The van der Waals surface area contributed by atoms with Gasteiger partial charge in [-0.25, -0.2) is 0 Å². The van der Waals surface area contributed by atoms with Crippen molar-refractivity contribution in [3.05, 3.63) is 25.3 Å². The molecule has 1 aliphatic carbocycles. The van der Waals surface area contributed by atoms with Gasteiger partial charge in [0, 0.05) is 25.7 Å². The number of hydrogen-bond donors (Lipinski definition) is 1. The van der Waals surface area contributed by atoms with Gasteiger partial charge in [-0.2, -0.15) is 0 Å². The number of aliphatic hydroxyl groups excluding tert-OH is 1. The van der Waals surface area contributed by atoms with E-state index in [2.05, 4.69) is 13.2 Å². The molecule has 3 aliphatic heterocycles. The highest BCUT2D eigenvalue weighted by molar-refractivity contribution is 5.98. The van der Waals surface area contributed by atoms with Gasteiger partial charge in [0.05, 0.1) is 18.1 Å². The standard InChI is InChI=1S/C33H52N2O6/c1-4-7-8-16-24-40-31(39)27-26-29(37)35(22-14-9-10-15-23-36)28(33(26)20-19-32(27,6-3)41-33)30(38)34(21-5-2)25-17-12-11-13-18-25/h4-5,25-28,36H,1-2,6-24H2,3H3/t26-,27-,28?,32+,33?/m0/s1. The Balaban J connectivity index is 1.64. The van der Waals surface area contributed by atoms with E-state index in [1.165, 1.54) is 6.42 Å². The fourth-order valence-electron chi connectivity index (χ4n) is 8.11. The zero-order chi connectivity index (χ0) is 29.5. The molecule has 0 aromatic rings. The monoisotopic (exact) mass is 572 g/mol.